The molecule has 1 aromatic rings. The van der Waals surface area contributed by atoms with Crippen LogP contribution < -0.4 is 9.47 Å². The summed E-state index contributed by atoms with van der Waals surface area (Å²) in [6.07, 6.45) is 0. The monoisotopic (exact) mass is 298 g/mol. The normalized spacial score (nSPS) is 15.2. The van der Waals surface area contributed by atoms with Gasteiger partial charge in [-0.1, -0.05) is 0 Å². The van der Waals surface area contributed by atoms with Crippen molar-refractivity contribution in [3.63, 3.8) is 0 Å². The molecule has 0 bridgehead atoms. The predicted octanol–water partition coefficient (Wildman–Crippen LogP) is 1.43. The molecule has 0 atom stereocenters. The lowest BCUT2D eigenvalue weighted by atomic mass is 10.2. The number of aliphatic imine (C=N–C) groups is 1. The van der Waals surface area contributed by atoms with Crippen molar-refractivity contribution >= 4 is 15.9 Å². The Kier molecular flexibility index (Phi) is 3.89. The molecular weight excluding hydrogens is 280 g/mol. The molecule has 0 saturated heterocycles. The second-order valence-electron chi connectivity index (χ2n) is 4.48. The summed E-state index contributed by atoms with van der Waals surface area (Å²) in [6, 6.07) is 3.16. The number of rotatable bonds is 4. The number of methoxy groups -OCH3 is 2. The Balaban J connectivity index is 2.59. The minimum Gasteiger partial charge on any atom is -0.496 e. The minimum absolute atomic E-state index is 0.0962. The van der Waals surface area contributed by atoms with Gasteiger partial charge in [-0.2, -0.15) is 0 Å². The van der Waals surface area contributed by atoms with Crippen LogP contribution in [-0.2, 0) is 10.0 Å². The summed E-state index contributed by atoms with van der Waals surface area (Å²) in [5.41, 5.74) is 0.815. The molecule has 0 aliphatic carbocycles. The Morgan fingerprint density at radius 1 is 1.15 bits per heavy atom. The first-order valence-electron chi connectivity index (χ1n) is 6.18. The Morgan fingerprint density at radius 3 is 2.30 bits per heavy atom. The number of nitrogens with zero attached hydrogens (tertiary/aromatic N) is 2. The molecule has 0 spiro atoms. The van der Waals surface area contributed by atoms with Crippen molar-refractivity contribution in [1.82, 2.24) is 4.31 Å². The maximum Gasteiger partial charge on any atom is 0.269 e. The van der Waals surface area contributed by atoms with Crippen LogP contribution in [0.3, 0.4) is 0 Å². The molecule has 1 heterocycles. The lowest BCUT2D eigenvalue weighted by molar-refractivity contribution is 0.388. The first-order valence-corrected chi connectivity index (χ1v) is 7.62. The van der Waals surface area contributed by atoms with Crippen LogP contribution in [0.2, 0.25) is 0 Å². The molecule has 110 valence electrons. The number of ether oxygens (including phenoxy) is 2. The molecule has 2 rings (SSSR count). The Bertz CT molecular complexity index is 653. The predicted molar refractivity (Wildman–Crippen MR) is 76.2 cm³/mol. The fraction of sp³-hybridized carbons (Fsp3) is 0.462. The highest BCUT2D eigenvalue weighted by Crippen LogP contribution is 2.34. The highest BCUT2D eigenvalue weighted by atomic mass is 32.2. The summed E-state index contributed by atoms with van der Waals surface area (Å²) in [5, 5.41) is 0. The van der Waals surface area contributed by atoms with Gasteiger partial charge in [0.25, 0.3) is 10.0 Å². The van der Waals surface area contributed by atoms with Crippen LogP contribution in [0.5, 0.6) is 11.5 Å². The third-order valence-corrected chi connectivity index (χ3v) is 5.16. The molecular formula is C13H18N2O4S. The molecule has 20 heavy (non-hydrogen) atoms. The summed E-state index contributed by atoms with van der Waals surface area (Å²) in [4.78, 5) is 4.21. The van der Waals surface area contributed by atoms with Crippen molar-refractivity contribution in [2.75, 3.05) is 27.3 Å². The van der Waals surface area contributed by atoms with Crippen LogP contribution >= 0.6 is 0 Å². The van der Waals surface area contributed by atoms with Gasteiger partial charge in [0.15, 0.2) is 0 Å². The van der Waals surface area contributed by atoms with Crippen molar-refractivity contribution in [1.29, 1.82) is 0 Å². The van der Waals surface area contributed by atoms with E-state index in [0.717, 1.165) is 5.56 Å². The van der Waals surface area contributed by atoms with E-state index >= 15 is 0 Å². The topological polar surface area (TPSA) is 68.2 Å². The molecule has 0 aromatic heterocycles. The van der Waals surface area contributed by atoms with Crippen molar-refractivity contribution in [3.8, 4) is 11.5 Å². The summed E-state index contributed by atoms with van der Waals surface area (Å²) < 4.78 is 37.1. The quantitative estimate of drug-likeness (QED) is 0.843. The summed E-state index contributed by atoms with van der Waals surface area (Å²) in [6.45, 7) is 4.35. The lowest BCUT2D eigenvalue weighted by Gasteiger charge is -2.21. The molecule has 0 radical (unpaired) electrons. The van der Waals surface area contributed by atoms with Gasteiger partial charge in [-0.25, -0.2) is 8.42 Å². The Labute approximate surface area is 119 Å². The third kappa shape index (κ3) is 2.33. The molecule has 0 fully saturated rings. The second-order valence-corrected chi connectivity index (χ2v) is 6.31. The summed E-state index contributed by atoms with van der Waals surface area (Å²) in [7, 11) is -0.725. The number of hydrogen-bond acceptors (Lipinski definition) is 5. The van der Waals surface area contributed by atoms with Gasteiger partial charge in [0.05, 0.1) is 27.3 Å². The SMILES string of the molecule is COc1cc(S(=O)(=O)N2CCN=C2C)c(OC)cc1C. The van der Waals surface area contributed by atoms with E-state index < -0.39 is 10.0 Å². The summed E-state index contributed by atoms with van der Waals surface area (Å²) >= 11 is 0. The lowest BCUT2D eigenvalue weighted by Crippen LogP contribution is -2.33. The van der Waals surface area contributed by atoms with E-state index in [1.54, 1.807) is 13.0 Å². The zero-order valence-electron chi connectivity index (χ0n) is 12.0. The van der Waals surface area contributed by atoms with E-state index in [9.17, 15) is 8.42 Å². The van der Waals surface area contributed by atoms with Crippen LogP contribution in [0.1, 0.15) is 12.5 Å². The highest BCUT2D eigenvalue weighted by molar-refractivity contribution is 7.89. The zero-order chi connectivity index (χ0) is 14.9. The maximum absolute atomic E-state index is 12.7. The van der Waals surface area contributed by atoms with Gasteiger partial charge in [0, 0.05) is 6.07 Å². The smallest absolute Gasteiger partial charge is 0.269 e. The molecule has 0 unspecified atom stereocenters. The number of hydrogen-bond donors (Lipinski definition) is 0. The first kappa shape index (κ1) is 14.6. The van der Waals surface area contributed by atoms with Gasteiger partial charge >= 0.3 is 0 Å². The fourth-order valence-electron chi connectivity index (χ4n) is 2.18. The molecule has 0 saturated carbocycles. The van der Waals surface area contributed by atoms with Crippen molar-refractivity contribution in [2.24, 2.45) is 4.99 Å². The van der Waals surface area contributed by atoms with Crippen LogP contribution in [0.25, 0.3) is 0 Å². The number of sulfonamides is 1. The number of aryl methyl sites for hydroxylation is 1. The maximum atomic E-state index is 12.7. The molecule has 1 aliphatic heterocycles. The third-order valence-electron chi connectivity index (χ3n) is 3.25. The Hall–Kier alpha value is -1.76. The number of amidine groups is 1. The van der Waals surface area contributed by atoms with E-state index in [2.05, 4.69) is 4.99 Å². The van der Waals surface area contributed by atoms with Crippen LogP contribution in [-0.4, -0.2) is 45.9 Å². The van der Waals surface area contributed by atoms with E-state index in [4.69, 9.17) is 9.47 Å². The van der Waals surface area contributed by atoms with Crippen LogP contribution in [0.4, 0.5) is 0 Å². The average molecular weight is 298 g/mol. The molecule has 7 heteroatoms. The van der Waals surface area contributed by atoms with E-state index in [1.807, 2.05) is 6.92 Å². The van der Waals surface area contributed by atoms with Gasteiger partial charge in [-0.05, 0) is 25.5 Å². The van der Waals surface area contributed by atoms with Gasteiger partial charge < -0.3 is 9.47 Å². The average Bonchev–Trinajstić information content (AvgIpc) is 2.85. The van der Waals surface area contributed by atoms with Crippen LogP contribution in [0, 0.1) is 6.92 Å². The van der Waals surface area contributed by atoms with Gasteiger partial charge in [0.2, 0.25) is 0 Å². The molecule has 0 N–H and O–H groups in total. The van der Waals surface area contributed by atoms with E-state index in [0.29, 0.717) is 30.4 Å². The number of benzene rings is 1. The zero-order valence-corrected chi connectivity index (χ0v) is 12.8. The summed E-state index contributed by atoms with van der Waals surface area (Å²) in [5.74, 6) is 1.31. The van der Waals surface area contributed by atoms with Crippen molar-refractivity contribution < 1.29 is 17.9 Å². The van der Waals surface area contributed by atoms with Crippen molar-refractivity contribution in [3.05, 3.63) is 17.7 Å². The molecule has 1 aliphatic rings. The minimum atomic E-state index is -3.68. The largest absolute Gasteiger partial charge is 0.496 e. The molecule has 6 nitrogen and oxygen atoms in total. The van der Waals surface area contributed by atoms with Gasteiger partial charge in [-0.3, -0.25) is 9.30 Å². The molecule has 0 amide bonds. The first-order chi connectivity index (χ1) is 9.41. The Morgan fingerprint density at radius 2 is 1.80 bits per heavy atom. The standard InChI is InChI=1S/C13H18N2O4S/c1-9-7-12(19-4)13(8-11(9)18-3)20(16,17)15-6-5-14-10(15)2/h7-8H,5-6H2,1-4H3. The van der Waals surface area contributed by atoms with Gasteiger partial charge in [-0.15, -0.1) is 0 Å². The fourth-order valence-corrected chi connectivity index (χ4v) is 3.80. The van der Waals surface area contributed by atoms with E-state index in [1.165, 1.54) is 24.6 Å². The van der Waals surface area contributed by atoms with Crippen LogP contribution in [0.15, 0.2) is 22.0 Å². The van der Waals surface area contributed by atoms with Crippen molar-refractivity contribution in [2.45, 2.75) is 18.7 Å². The highest BCUT2D eigenvalue weighted by Gasteiger charge is 2.31. The second kappa shape index (κ2) is 5.32. The van der Waals surface area contributed by atoms with Gasteiger partial charge in [0.1, 0.15) is 22.2 Å². The van der Waals surface area contributed by atoms with E-state index in [-0.39, 0.29) is 4.90 Å². The molecule has 1 aromatic carbocycles.